The fourth-order valence-electron chi connectivity index (χ4n) is 1.43. The summed E-state index contributed by atoms with van der Waals surface area (Å²) in [6, 6.07) is 3.75. The second-order valence-electron chi connectivity index (χ2n) is 3.73. The van der Waals surface area contributed by atoms with Crippen LogP contribution in [-0.4, -0.2) is 23.4 Å². The van der Waals surface area contributed by atoms with Crippen molar-refractivity contribution in [1.29, 1.82) is 0 Å². The lowest BCUT2D eigenvalue weighted by Crippen LogP contribution is -2.21. The van der Waals surface area contributed by atoms with Gasteiger partial charge in [-0.2, -0.15) is 5.10 Å². The lowest BCUT2D eigenvalue weighted by atomic mass is 10.1. The molecule has 1 amide bonds. The first-order valence-corrected chi connectivity index (χ1v) is 6.17. The Morgan fingerprint density at radius 2 is 2.11 bits per heavy atom. The molecule has 0 aliphatic rings. The van der Waals surface area contributed by atoms with Crippen LogP contribution in [0.2, 0.25) is 0 Å². The molecule has 0 radical (unpaired) electrons. The summed E-state index contributed by atoms with van der Waals surface area (Å²) in [7, 11) is 0. The molecule has 0 aliphatic carbocycles. The SMILES string of the molecule is CCCCC(=NNC(=O)OCC)c1ccncc1. The maximum atomic E-state index is 11.2. The zero-order chi connectivity index (χ0) is 13.2. The number of unbranched alkanes of at least 4 members (excludes halogenated alkanes) is 1. The van der Waals surface area contributed by atoms with Gasteiger partial charge in [0.2, 0.25) is 0 Å². The molecule has 18 heavy (non-hydrogen) atoms. The highest BCUT2D eigenvalue weighted by Crippen LogP contribution is 2.06. The van der Waals surface area contributed by atoms with Gasteiger partial charge < -0.3 is 4.74 Å². The van der Waals surface area contributed by atoms with E-state index in [2.05, 4.69) is 22.4 Å². The number of nitrogens with one attached hydrogen (secondary N) is 1. The van der Waals surface area contributed by atoms with Crippen molar-refractivity contribution in [2.45, 2.75) is 33.1 Å². The van der Waals surface area contributed by atoms with Crippen LogP contribution in [-0.2, 0) is 4.74 Å². The first-order valence-electron chi connectivity index (χ1n) is 6.17. The molecular weight excluding hydrogens is 230 g/mol. The molecule has 1 heterocycles. The molecule has 5 heteroatoms. The van der Waals surface area contributed by atoms with Crippen molar-refractivity contribution in [2.24, 2.45) is 5.10 Å². The first kappa shape index (κ1) is 14.2. The van der Waals surface area contributed by atoms with Crippen molar-refractivity contribution >= 4 is 11.8 Å². The van der Waals surface area contributed by atoms with Crippen molar-refractivity contribution in [3.05, 3.63) is 30.1 Å². The van der Waals surface area contributed by atoms with E-state index < -0.39 is 6.09 Å². The summed E-state index contributed by atoms with van der Waals surface area (Å²) in [5, 5.41) is 4.11. The molecule has 5 nitrogen and oxygen atoms in total. The summed E-state index contributed by atoms with van der Waals surface area (Å²) < 4.78 is 4.76. The molecule has 0 aromatic carbocycles. The van der Waals surface area contributed by atoms with Crippen LogP contribution >= 0.6 is 0 Å². The van der Waals surface area contributed by atoms with Gasteiger partial charge in [-0.3, -0.25) is 4.98 Å². The van der Waals surface area contributed by atoms with E-state index in [-0.39, 0.29) is 0 Å². The van der Waals surface area contributed by atoms with Crippen molar-refractivity contribution in [2.75, 3.05) is 6.61 Å². The Kier molecular flexibility index (Phi) is 6.46. The van der Waals surface area contributed by atoms with Gasteiger partial charge in [-0.25, -0.2) is 10.2 Å². The number of amides is 1. The molecule has 0 unspecified atom stereocenters. The van der Waals surface area contributed by atoms with E-state index in [0.717, 1.165) is 30.5 Å². The average Bonchev–Trinajstić information content (AvgIpc) is 2.40. The lowest BCUT2D eigenvalue weighted by Gasteiger charge is -2.06. The van der Waals surface area contributed by atoms with E-state index in [1.54, 1.807) is 19.3 Å². The number of pyridine rings is 1. The Morgan fingerprint density at radius 3 is 2.72 bits per heavy atom. The van der Waals surface area contributed by atoms with Gasteiger partial charge in [0.05, 0.1) is 12.3 Å². The van der Waals surface area contributed by atoms with Gasteiger partial charge in [0.25, 0.3) is 0 Å². The van der Waals surface area contributed by atoms with E-state index >= 15 is 0 Å². The first-order chi connectivity index (χ1) is 8.77. The van der Waals surface area contributed by atoms with Crippen LogP contribution in [0.5, 0.6) is 0 Å². The normalized spacial score (nSPS) is 11.1. The van der Waals surface area contributed by atoms with Crippen molar-refractivity contribution < 1.29 is 9.53 Å². The lowest BCUT2D eigenvalue weighted by molar-refractivity contribution is 0.152. The van der Waals surface area contributed by atoms with E-state index in [9.17, 15) is 4.79 Å². The van der Waals surface area contributed by atoms with Gasteiger partial charge in [-0.1, -0.05) is 13.3 Å². The van der Waals surface area contributed by atoms with Crippen LogP contribution in [0.15, 0.2) is 29.6 Å². The molecule has 0 spiro atoms. The van der Waals surface area contributed by atoms with Gasteiger partial charge in [-0.05, 0) is 31.9 Å². The predicted molar refractivity (Wildman–Crippen MR) is 70.5 cm³/mol. The number of hydrogen-bond acceptors (Lipinski definition) is 4. The molecule has 0 bridgehead atoms. The average molecular weight is 249 g/mol. The standard InChI is InChI=1S/C13H19N3O2/c1-3-5-6-12(11-7-9-14-10-8-11)15-16-13(17)18-4-2/h7-10H,3-6H2,1-2H3,(H,16,17). The third-order valence-corrected chi connectivity index (χ3v) is 2.34. The number of hydrazone groups is 1. The molecule has 0 saturated heterocycles. The van der Waals surface area contributed by atoms with E-state index in [1.807, 2.05) is 12.1 Å². The zero-order valence-electron chi connectivity index (χ0n) is 10.8. The molecule has 0 aliphatic heterocycles. The second kappa shape index (κ2) is 8.22. The molecule has 98 valence electrons. The fraction of sp³-hybridized carbons (Fsp3) is 0.462. The number of rotatable bonds is 6. The zero-order valence-corrected chi connectivity index (χ0v) is 10.8. The minimum absolute atomic E-state index is 0.334. The highest BCUT2D eigenvalue weighted by Gasteiger charge is 2.05. The molecule has 0 fully saturated rings. The maximum absolute atomic E-state index is 11.2. The van der Waals surface area contributed by atoms with Gasteiger partial charge >= 0.3 is 6.09 Å². The van der Waals surface area contributed by atoms with Crippen LogP contribution in [0.1, 0.15) is 38.7 Å². The number of carbonyl (C=O) groups is 1. The number of hydrogen-bond donors (Lipinski definition) is 1. The van der Waals surface area contributed by atoms with Gasteiger partial charge in [0, 0.05) is 18.0 Å². The molecule has 0 atom stereocenters. The number of aromatic nitrogens is 1. The molecule has 1 rings (SSSR count). The third-order valence-electron chi connectivity index (χ3n) is 2.34. The van der Waals surface area contributed by atoms with Crippen LogP contribution in [0.3, 0.4) is 0 Å². The minimum atomic E-state index is -0.527. The Bertz CT molecular complexity index is 390. The number of nitrogens with zero attached hydrogens (tertiary/aromatic N) is 2. The summed E-state index contributed by atoms with van der Waals surface area (Å²) in [4.78, 5) is 15.2. The van der Waals surface area contributed by atoms with Gasteiger partial charge in [0.15, 0.2) is 0 Å². The number of ether oxygens (including phenoxy) is 1. The molecule has 1 aromatic rings. The van der Waals surface area contributed by atoms with Crippen molar-refractivity contribution in [3.63, 3.8) is 0 Å². The largest absolute Gasteiger partial charge is 0.449 e. The van der Waals surface area contributed by atoms with Crippen LogP contribution < -0.4 is 5.43 Å². The topological polar surface area (TPSA) is 63.6 Å². The predicted octanol–water partition coefficient (Wildman–Crippen LogP) is 2.72. The highest BCUT2D eigenvalue weighted by molar-refractivity contribution is 6.00. The Labute approximate surface area is 107 Å². The Hall–Kier alpha value is -1.91. The Morgan fingerprint density at radius 1 is 1.39 bits per heavy atom. The van der Waals surface area contributed by atoms with E-state index in [1.165, 1.54) is 0 Å². The third kappa shape index (κ3) is 4.95. The smallest absolute Gasteiger partial charge is 0.427 e. The van der Waals surface area contributed by atoms with Gasteiger partial charge in [0.1, 0.15) is 0 Å². The second-order valence-corrected chi connectivity index (χ2v) is 3.73. The molecule has 1 aromatic heterocycles. The summed E-state index contributed by atoms with van der Waals surface area (Å²) in [5.74, 6) is 0. The quantitative estimate of drug-likeness (QED) is 0.622. The minimum Gasteiger partial charge on any atom is -0.449 e. The summed E-state index contributed by atoms with van der Waals surface area (Å²) >= 11 is 0. The van der Waals surface area contributed by atoms with Crippen LogP contribution in [0, 0.1) is 0 Å². The van der Waals surface area contributed by atoms with Crippen LogP contribution in [0.4, 0.5) is 4.79 Å². The molecule has 0 saturated carbocycles. The summed E-state index contributed by atoms with van der Waals surface area (Å²) in [6.45, 7) is 4.20. The molecule has 1 N–H and O–H groups in total. The van der Waals surface area contributed by atoms with E-state index in [4.69, 9.17) is 4.74 Å². The van der Waals surface area contributed by atoms with Crippen LogP contribution in [0.25, 0.3) is 0 Å². The number of carbonyl (C=O) groups excluding carboxylic acids is 1. The summed E-state index contributed by atoms with van der Waals surface area (Å²) in [5.41, 5.74) is 4.21. The van der Waals surface area contributed by atoms with Crippen molar-refractivity contribution in [3.8, 4) is 0 Å². The van der Waals surface area contributed by atoms with Gasteiger partial charge in [-0.15, -0.1) is 0 Å². The Balaban J connectivity index is 2.72. The molecular formula is C13H19N3O2. The monoisotopic (exact) mass is 249 g/mol. The fourth-order valence-corrected chi connectivity index (χ4v) is 1.43. The van der Waals surface area contributed by atoms with Crippen molar-refractivity contribution in [1.82, 2.24) is 10.4 Å². The maximum Gasteiger partial charge on any atom is 0.427 e. The van der Waals surface area contributed by atoms with E-state index in [0.29, 0.717) is 6.61 Å². The summed E-state index contributed by atoms with van der Waals surface area (Å²) in [6.07, 6.45) is 5.80. The highest BCUT2D eigenvalue weighted by atomic mass is 16.5.